The van der Waals surface area contributed by atoms with Crippen molar-refractivity contribution in [3.05, 3.63) is 0 Å². The maximum absolute atomic E-state index is 12.5. The molecule has 144 valence electrons. The van der Waals surface area contributed by atoms with Crippen LogP contribution in [0.2, 0.25) is 0 Å². The van der Waals surface area contributed by atoms with Gasteiger partial charge in [-0.05, 0) is 45.4 Å². The number of hydrogen-bond acceptors (Lipinski definition) is 5. The van der Waals surface area contributed by atoms with Crippen molar-refractivity contribution in [1.29, 1.82) is 0 Å². The molecule has 1 heterocycles. The molecule has 2 saturated carbocycles. The van der Waals surface area contributed by atoms with Crippen LogP contribution in [0.3, 0.4) is 0 Å². The molecule has 0 aromatic carbocycles. The quantitative estimate of drug-likeness (QED) is 0.749. The van der Waals surface area contributed by atoms with Crippen LogP contribution < -0.4 is 5.32 Å². The van der Waals surface area contributed by atoms with Gasteiger partial charge in [-0.1, -0.05) is 12.8 Å². The molecule has 2 unspecified atom stereocenters. The highest BCUT2D eigenvalue weighted by Crippen LogP contribution is 2.28. The minimum Gasteiger partial charge on any atom is -0.466 e. The minimum absolute atomic E-state index is 0.0500. The van der Waals surface area contributed by atoms with Gasteiger partial charge in [0.25, 0.3) is 5.91 Å². The average molecular weight is 363 g/mol. The zero-order chi connectivity index (χ0) is 18.5. The van der Waals surface area contributed by atoms with Crippen molar-refractivity contribution in [2.45, 2.75) is 76.4 Å². The highest BCUT2D eigenvalue weighted by Gasteiger charge is 2.36. The van der Waals surface area contributed by atoms with E-state index in [0.717, 1.165) is 51.4 Å². The molecule has 0 radical (unpaired) electrons. The number of esters is 1. The van der Waals surface area contributed by atoms with Crippen molar-refractivity contribution < 1.29 is 19.1 Å². The van der Waals surface area contributed by atoms with Crippen LogP contribution in [-0.4, -0.2) is 60.2 Å². The number of carbonyl (C=O) groups is 3. The molecular formula is C19H29N3O4. The van der Waals surface area contributed by atoms with Gasteiger partial charge < -0.3 is 15.0 Å². The molecule has 0 saturated heterocycles. The Hall–Kier alpha value is -1.92. The van der Waals surface area contributed by atoms with Crippen LogP contribution >= 0.6 is 0 Å². The Labute approximate surface area is 154 Å². The smallest absolute Gasteiger partial charge is 0.308 e. The van der Waals surface area contributed by atoms with Gasteiger partial charge in [-0.25, -0.2) is 0 Å². The van der Waals surface area contributed by atoms with Crippen molar-refractivity contribution in [1.82, 2.24) is 10.2 Å². The summed E-state index contributed by atoms with van der Waals surface area (Å²) in [6.07, 6.45) is 8.54. The van der Waals surface area contributed by atoms with E-state index < -0.39 is 0 Å². The summed E-state index contributed by atoms with van der Waals surface area (Å²) in [6, 6.07) is 0.282. The summed E-state index contributed by atoms with van der Waals surface area (Å²) in [7, 11) is 0. The summed E-state index contributed by atoms with van der Waals surface area (Å²) < 4.78 is 5.08. The van der Waals surface area contributed by atoms with Crippen molar-refractivity contribution >= 4 is 24.0 Å². The molecule has 2 fully saturated rings. The Morgan fingerprint density at radius 3 is 2.65 bits per heavy atom. The molecule has 3 rings (SSSR count). The Morgan fingerprint density at radius 1 is 1.19 bits per heavy atom. The summed E-state index contributed by atoms with van der Waals surface area (Å²) in [5.41, 5.74) is 0. The van der Waals surface area contributed by atoms with Gasteiger partial charge in [-0.3, -0.25) is 19.4 Å². The fourth-order valence-corrected chi connectivity index (χ4v) is 4.38. The predicted molar refractivity (Wildman–Crippen MR) is 96.8 cm³/mol. The monoisotopic (exact) mass is 363 g/mol. The van der Waals surface area contributed by atoms with Crippen LogP contribution in [0.15, 0.2) is 4.99 Å². The average Bonchev–Trinajstić information content (AvgIpc) is 2.65. The van der Waals surface area contributed by atoms with Crippen LogP contribution in [0.25, 0.3) is 0 Å². The van der Waals surface area contributed by atoms with E-state index in [1.807, 2.05) is 6.92 Å². The molecule has 0 spiro atoms. The van der Waals surface area contributed by atoms with Crippen LogP contribution in [0.1, 0.15) is 58.3 Å². The first-order valence-electron chi connectivity index (χ1n) is 9.88. The maximum Gasteiger partial charge on any atom is 0.308 e. The molecule has 7 nitrogen and oxygen atoms in total. The fourth-order valence-electron chi connectivity index (χ4n) is 4.38. The Balaban J connectivity index is 1.48. The lowest BCUT2D eigenvalue weighted by molar-refractivity contribution is -0.149. The first-order valence-corrected chi connectivity index (χ1v) is 9.88. The zero-order valence-corrected chi connectivity index (χ0v) is 15.5. The van der Waals surface area contributed by atoms with E-state index in [4.69, 9.17) is 4.74 Å². The predicted octanol–water partition coefficient (Wildman–Crippen LogP) is 1.45. The van der Waals surface area contributed by atoms with E-state index in [2.05, 4.69) is 10.3 Å². The van der Waals surface area contributed by atoms with Gasteiger partial charge in [0.15, 0.2) is 0 Å². The number of nitrogens with one attached hydrogen (secondary N) is 1. The summed E-state index contributed by atoms with van der Waals surface area (Å²) in [6.45, 7) is 2.32. The van der Waals surface area contributed by atoms with E-state index in [-0.39, 0.29) is 48.4 Å². The maximum atomic E-state index is 12.5. The lowest BCUT2D eigenvalue weighted by Gasteiger charge is -2.40. The number of aliphatic imine (C=N–C) groups is 1. The highest BCUT2D eigenvalue weighted by molar-refractivity contribution is 6.27. The molecular weight excluding hydrogens is 334 g/mol. The van der Waals surface area contributed by atoms with Crippen molar-refractivity contribution in [3.63, 3.8) is 0 Å². The Morgan fingerprint density at radius 2 is 1.92 bits per heavy atom. The zero-order valence-electron chi connectivity index (χ0n) is 15.5. The molecule has 0 aromatic heterocycles. The summed E-state index contributed by atoms with van der Waals surface area (Å²) in [5, 5.41) is 3.04. The Kier molecular flexibility index (Phi) is 6.27. The van der Waals surface area contributed by atoms with Gasteiger partial charge in [-0.2, -0.15) is 0 Å². The van der Waals surface area contributed by atoms with E-state index in [0.29, 0.717) is 6.61 Å². The number of ether oxygens (including phenoxy) is 1. The third-order valence-electron chi connectivity index (χ3n) is 5.78. The molecule has 1 aliphatic heterocycles. The normalized spacial score (nSPS) is 31.3. The third-order valence-corrected chi connectivity index (χ3v) is 5.78. The fraction of sp³-hybridized carbons (Fsp3) is 0.789. The van der Waals surface area contributed by atoms with Crippen LogP contribution in [-0.2, 0) is 19.1 Å². The molecule has 7 heteroatoms. The third kappa shape index (κ3) is 4.43. The number of fused-ring (bicyclic) bond motifs is 1. The lowest BCUT2D eigenvalue weighted by Crippen LogP contribution is -2.55. The molecule has 2 atom stereocenters. The topological polar surface area (TPSA) is 88.1 Å². The molecule has 1 N–H and O–H groups in total. The van der Waals surface area contributed by atoms with Crippen molar-refractivity contribution in [3.8, 4) is 0 Å². The van der Waals surface area contributed by atoms with Crippen LogP contribution in [0.5, 0.6) is 0 Å². The Bertz CT molecular complexity index is 569. The van der Waals surface area contributed by atoms with E-state index >= 15 is 0 Å². The minimum atomic E-state index is -0.158. The summed E-state index contributed by atoms with van der Waals surface area (Å²) >= 11 is 0. The second-order valence-corrected chi connectivity index (χ2v) is 7.53. The van der Waals surface area contributed by atoms with Gasteiger partial charge >= 0.3 is 5.97 Å². The number of hydrogen-bond donors (Lipinski definition) is 1. The summed E-state index contributed by atoms with van der Waals surface area (Å²) in [5.74, 6) is -0.448. The molecule has 2 amide bonds. The molecule has 0 bridgehead atoms. The SMILES string of the molecule is CCOC(=O)C1CCC(NC(=O)CN2C(=O)C=NC3CCCCC32)CC1. The van der Waals surface area contributed by atoms with Gasteiger partial charge in [0.05, 0.1) is 30.8 Å². The van der Waals surface area contributed by atoms with Crippen molar-refractivity contribution in [2.24, 2.45) is 10.9 Å². The highest BCUT2D eigenvalue weighted by atomic mass is 16.5. The molecule has 3 aliphatic rings. The largest absolute Gasteiger partial charge is 0.466 e. The number of rotatable bonds is 5. The number of carbonyl (C=O) groups excluding carboxylic acids is 3. The van der Waals surface area contributed by atoms with E-state index in [9.17, 15) is 14.4 Å². The lowest BCUT2D eigenvalue weighted by atomic mass is 9.86. The van der Waals surface area contributed by atoms with E-state index in [1.165, 1.54) is 6.21 Å². The second kappa shape index (κ2) is 8.64. The molecule has 2 aliphatic carbocycles. The van der Waals surface area contributed by atoms with Gasteiger partial charge in [0.2, 0.25) is 5.91 Å². The molecule has 0 aromatic rings. The second-order valence-electron chi connectivity index (χ2n) is 7.53. The number of nitrogens with zero attached hydrogens (tertiary/aromatic N) is 2. The first kappa shape index (κ1) is 18.9. The molecule has 26 heavy (non-hydrogen) atoms. The first-order chi connectivity index (χ1) is 12.6. The number of amides is 2. The van der Waals surface area contributed by atoms with Gasteiger partial charge in [0, 0.05) is 6.04 Å². The van der Waals surface area contributed by atoms with E-state index in [1.54, 1.807) is 4.90 Å². The standard InChI is InChI=1S/C19H29N3O4/c1-2-26-19(25)13-7-9-14(10-8-13)21-17(23)12-22-16-6-4-3-5-15(16)20-11-18(22)24/h11,13-16H,2-10,12H2,1H3,(H,21,23). The van der Waals surface area contributed by atoms with Gasteiger partial charge in [0.1, 0.15) is 6.54 Å². The van der Waals surface area contributed by atoms with Crippen LogP contribution in [0, 0.1) is 5.92 Å². The van der Waals surface area contributed by atoms with Gasteiger partial charge in [-0.15, -0.1) is 0 Å². The van der Waals surface area contributed by atoms with Crippen molar-refractivity contribution in [2.75, 3.05) is 13.2 Å². The van der Waals surface area contributed by atoms with Crippen LogP contribution in [0.4, 0.5) is 0 Å². The summed E-state index contributed by atoms with van der Waals surface area (Å²) in [4.78, 5) is 42.5.